The molecular formula is C21H25FN4O2S. The second-order valence-electron chi connectivity index (χ2n) is 7.44. The quantitative estimate of drug-likeness (QED) is 0.434. The SMILES string of the molecule is Cc1cc2nc(SCC(=O)NCc3ccc(F)cc3)n(CCC(C)C)c(=O)c2[nH]1. The average molecular weight is 417 g/mol. The minimum atomic E-state index is -0.309. The summed E-state index contributed by atoms with van der Waals surface area (Å²) in [5.74, 6) is 0.107. The summed E-state index contributed by atoms with van der Waals surface area (Å²) in [6.45, 7) is 6.96. The van der Waals surface area contributed by atoms with E-state index in [-0.39, 0.29) is 23.0 Å². The van der Waals surface area contributed by atoms with Gasteiger partial charge in [-0.05, 0) is 43.0 Å². The van der Waals surface area contributed by atoms with Crippen LogP contribution in [0.5, 0.6) is 0 Å². The number of aromatic amines is 1. The third-order valence-corrected chi connectivity index (χ3v) is 5.48. The van der Waals surface area contributed by atoms with Crippen molar-refractivity contribution in [1.82, 2.24) is 19.9 Å². The minimum absolute atomic E-state index is 0.113. The predicted octanol–water partition coefficient (Wildman–Crippen LogP) is 3.63. The van der Waals surface area contributed by atoms with Crippen LogP contribution in [-0.2, 0) is 17.9 Å². The lowest BCUT2D eigenvalue weighted by molar-refractivity contribution is -0.118. The number of carbonyl (C=O) groups is 1. The minimum Gasteiger partial charge on any atom is -0.353 e. The standard InChI is InChI=1S/C21H25FN4O2S/c1-13(2)8-9-26-20(28)19-17(10-14(3)24-19)25-21(26)29-12-18(27)23-11-15-4-6-16(22)7-5-15/h4-7,10,13,24H,8-9,11-12H2,1-3H3,(H,23,27). The Kier molecular flexibility index (Phi) is 6.74. The Morgan fingerprint density at radius 3 is 2.72 bits per heavy atom. The van der Waals surface area contributed by atoms with Gasteiger partial charge < -0.3 is 10.3 Å². The molecule has 0 bridgehead atoms. The molecule has 0 fully saturated rings. The van der Waals surface area contributed by atoms with Crippen LogP contribution in [-0.4, -0.2) is 26.2 Å². The van der Waals surface area contributed by atoms with Crippen LogP contribution in [0.25, 0.3) is 11.0 Å². The number of aryl methyl sites for hydroxylation is 1. The summed E-state index contributed by atoms with van der Waals surface area (Å²) in [6.07, 6.45) is 0.844. The fraction of sp³-hybridized carbons (Fsp3) is 0.381. The van der Waals surface area contributed by atoms with Crippen LogP contribution < -0.4 is 10.9 Å². The Hall–Kier alpha value is -2.61. The molecule has 3 aromatic rings. The lowest BCUT2D eigenvalue weighted by Crippen LogP contribution is -2.27. The Balaban J connectivity index is 1.71. The number of thioether (sulfide) groups is 1. The van der Waals surface area contributed by atoms with Gasteiger partial charge in [0.25, 0.3) is 5.56 Å². The fourth-order valence-corrected chi connectivity index (χ4v) is 3.74. The van der Waals surface area contributed by atoms with Crippen LogP contribution in [0, 0.1) is 18.7 Å². The molecule has 0 saturated heterocycles. The van der Waals surface area contributed by atoms with Gasteiger partial charge in [-0.25, -0.2) is 9.37 Å². The van der Waals surface area contributed by atoms with Gasteiger partial charge >= 0.3 is 0 Å². The number of benzene rings is 1. The number of nitrogens with zero attached hydrogens (tertiary/aromatic N) is 2. The second-order valence-corrected chi connectivity index (χ2v) is 8.38. The molecule has 0 aliphatic heterocycles. The molecule has 3 rings (SSSR count). The van der Waals surface area contributed by atoms with Crippen molar-refractivity contribution < 1.29 is 9.18 Å². The van der Waals surface area contributed by atoms with E-state index in [1.165, 1.54) is 23.9 Å². The third-order valence-electron chi connectivity index (χ3n) is 4.50. The van der Waals surface area contributed by atoms with Gasteiger partial charge in [0.15, 0.2) is 5.16 Å². The summed E-state index contributed by atoms with van der Waals surface area (Å²) >= 11 is 1.25. The zero-order chi connectivity index (χ0) is 21.0. The van der Waals surface area contributed by atoms with Gasteiger partial charge in [-0.2, -0.15) is 0 Å². The van der Waals surface area contributed by atoms with E-state index >= 15 is 0 Å². The molecule has 0 aliphatic rings. The van der Waals surface area contributed by atoms with E-state index < -0.39 is 0 Å². The maximum absolute atomic E-state index is 13.0. The number of hydrogen-bond donors (Lipinski definition) is 2. The number of carbonyl (C=O) groups excluding carboxylic acids is 1. The maximum Gasteiger partial charge on any atom is 0.278 e. The second kappa shape index (κ2) is 9.26. The maximum atomic E-state index is 13.0. The van der Waals surface area contributed by atoms with Crippen molar-refractivity contribution in [3.63, 3.8) is 0 Å². The number of aromatic nitrogens is 3. The molecule has 1 amide bonds. The number of rotatable bonds is 8. The summed E-state index contributed by atoms with van der Waals surface area (Å²) in [4.78, 5) is 32.9. The molecule has 0 saturated carbocycles. The number of halogens is 1. The first-order chi connectivity index (χ1) is 13.8. The molecule has 0 atom stereocenters. The Morgan fingerprint density at radius 1 is 1.31 bits per heavy atom. The van der Waals surface area contributed by atoms with Gasteiger partial charge in [0.2, 0.25) is 5.91 Å². The lowest BCUT2D eigenvalue weighted by Gasteiger charge is -2.13. The van der Waals surface area contributed by atoms with Crippen LogP contribution in [0.15, 0.2) is 40.3 Å². The summed E-state index contributed by atoms with van der Waals surface area (Å²) in [7, 11) is 0. The molecule has 0 radical (unpaired) electrons. The van der Waals surface area contributed by atoms with Crippen molar-refractivity contribution in [2.75, 3.05) is 5.75 Å². The van der Waals surface area contributed by atoms with Crippen LogP contribution in [0.4, 0.5) is 4.39 Å². The van der Waals surface area contributed by atoms with Crippen molar-refractivity contribution in [2.45, 2.75) is 45.4 Å². The van der Waals surface area contributed by atoms with E-state index in [1.807, 2.05) is 13.0 Å². The first-order valence-corrected chi connectivity index (χ1v) is 10.6. The highest BCUT2D eigenvalue weighted by Crippen LogP contribution is 2.19. The van der Waals surface area contributed by atoms with Crippen molar-refractivity contribution in [3.05, 3.63) is 57.8 Å². The zero-order valence-corrected chi connectivity index (χ0v) is 17.6. The largest absolute Gasteiger partial charge is 0.353 e. The molecule has 0 spiro atoms. The summed E-state index contributed by atoms with van der Waals surface area (Å²) < 4.78 is 14.6. The molecule has 6 nitrogen and oxygen atoms in total. The molecule has 2 N–H and O–H groups in total. The van der Waals surface area contributed by atoms with Crippen LogP contribution >= 0.6 is 11.8 Å². The monoisotopic (exact) mass is 416 g/mol. The first kappa shape index (κ1) is 21.1. The van der Waals surface area contributed by atoms with E-state index in [0.29, 0.717) is 35.2 Å². The molecule has 0 aliphatic carbocycles. The Morgan fingerprint density at radius 2 is 2.03 bits per heavy atom. The Labute approximate surface area is 172 Å². The third kappa shape index (κ3) is 5.47. The van der Waals surface area contributed by atoms with E-state index in [4.69, 9.17) is 0 Å². The topological polar surface area (TPSA) is 79.8 Å². The molecule has 2 heterocycles. The molecule has 0 unspecified atom stereocenters. The highest BCUT2D eigenvalue weighted by Gasteiger charge is 2.15. The number of nitrogens with one attached hydrogen (secondary N) is 2. The molecule has 154 valence electrons. The number of fused-ring (bicyclic) bond motifs is 1. The van der Waals surface area contributed by atoms with E-state index in [9.17, 15) is 14.0 Å². The van der Waals surface area contributed by atoms with E-state index in [1.54, 1.807) is 16.7 Å². The van der Waals surface area contributed by atoms with Crippen LogP contribution in [0.3, 0.4) is 0 Å². The van der Waals surface area contributed by atoms with Crippen LogP contribution in [0.2, 0.25) is 0 Å². The molecule has 2 aromatic heterocycles. The summed E-state index contributed by atoms with van der Waals surface area (Å²) in [6, 6.07) is 7.83. The number of hydrogen-bond acceptors (Lipinski definition) is 4. The van der Waals surface area contributed by atoms with E-state index in [0.717, 1.165) is 17.7 Å². The van der Waals surface area contributed by atoms with Crippen molar-refractivity contribution in [3.8, 4) is 0 Å². The lowest BCUT2D eigenvalue weighted by atomic mass is 10.1. The van der Waals surface area contributed by atoms with Gasteiger partial charge in [0.05, 0.1) is 11.3 Å². The highest BCUT2D eigenvalue weighted by atomic mass is 32.2. The van der Waals surface area contributed by atoms with E-state index in [2.05, 4.69) is 29.1 Å². The van der Waals surface area contributed by atoms with Crippen molar-refractivity contribution in [1.29, 1.82) is 0 Å². The summed E-state index contributed by atoms with van der Waals surface area (Å²) in [5.41, 5.74) is 2.69. The molecule has 1 aromatic carbocycles. The zero-order valence-electron chi connectivity index (χ0n) is 16.8. The first-order valence-electron chi connectivity index (χ1n) is 9.57. The average Bonchev–Trinajstić information content (AvgIpc) is 3.05. The smallest absolute Gasteiger partial charge is 0.278 e. The predicted molar refractivity (Wildman–Crippen MR) is 114 cm³/mol. The number of amides is 1. The summed E-state index contributed by atoms with van der Waals surface area (Å²) in [5, 5.41) is 3.35. The van der Waals surface area contributed by atoms with Gasteiger partial charge in [0.1, 0.15) is 11.3 Å². The fourth-order valence-electron chi connectivity index (χ4n) is 2.89. The van der Waals surface area contributed by atoms with Gasteiger partial charge in [-0.15, -0.1) is 0 Å². The molecule has 29 heavy (non-hydrogen) atoms. The number of H-pyrrole nitrogens is 1. The molecule has 8 heteroatoms. The van der Waals surface area contributed by atoms with Gasteiger partial charge in [-0.3, -0.25) is 14.2 Å². The highest BCUT2D eigenvalue weighted by molar-refractivity contribution is 7.99. The van der Waals surface area contributed by atoms with Crippen molar-refractivity contribution >= 4 is 28.7 Å². The van der Waals surface area contributed by atoms with Crippen molar-refractivity contribution in [2.24, 2.45) is 5.92 Å². The van der Waals surface area contributed by atoms with Gasteiger partial charge in [0, 0.05) is 18.8 Å². The normalized spacial score (nSPS) is 11.3. The molecular weight excluding hydrogens is 391 g/mol. The van der Waals surface area contributed by atoms with Gasteiger partial charge in [-0.1, -0.05) is 37.7 Å². The van der Waals surface area contributed by atoms with Crippen LogP contribution in [0.1, 0.15) is 31.5 Å². The Bertz CT molecular complexity index is 1060.